The molecule has 94 valence electrons. The molecule has 4 nitrogen and oxygen atoms in total. The second kappa shape index (κ2) is 5.25. The van der Waals surface area contributed by atoms with Crippen LogP contribution in [0.15, 0.2) is 6.20 Å². The van der Waals surface area contributed by atoms with Crippen LogP contribution in [-0.2, 0) is 5.88 Å². The predicted molar refractivity (Wildman–Crippen MR) is 60.2 cm³/mol. The van der Waals surface area contributed by atoms with Gasteiger partial charge in [-0.05, 0) is 22.6 Å². The lowest BCUT2D eigenvalue weighted by atomic mass is 10.2. The highest BCUT2D eigenvalue weighted by molar-refractivity contribution is 14.1. The lowest BCUT2D eigenvalue weighted by molar-refractivity contribution is -0.275. The molecule has 0 saturated heterocycles. The van der Waals surface area contributed by atoms with E-state index < -0.39 is 23.8 Å². The van der Waals surface area contributed by atoms with Gasteiger partial charge in [0, 0.05) is 15.3 Å². The average molecular weight is 381 g/mol. The topological polar surface area (TPSA) is 59.4 Å². The number of pyridine rings is 1. The summed E-state index contributed by atoms with van der Waals surface area (Å²) in [5.41, 5.74) is -0.879. The van der Waals surface area contributed by atoms with Crippen LogP contribution < -0.4 is 4.74 Å². The molecule has 1 aromatic rings. The molecule has 17 heavy (non-hydrogen) atoms. The molecule has 0 saturated carbocycles. The molecule has 0 radical (unpaired) electrons. The number of carbonyl (C=O) groups is 1. The minimum atomic E-state index is -5.00. The summed E-state index contributed by atoms with van der Waals surface area (Å²) >= 11 is 7.16. The van der Waals surface area contributed by atoms with Crippen LogP contribution in [0.5, 0.6) is 5.75 Å². The number of rotatable bonds is 3. The lowest BCUT2D eigenvalue weighted by Crippen LogP contribution is -2.21. The van der Waals surface area contributed by atoms with E-state index in [1.165, 1.54) is 0 Å². The first-order valence-electron chi connectivity index (χ1n) is 3.98. The Kier molecular flexibility index (Phi) is 4.42. The molecule has 0 fully saturated rings. The highest BCUT2D eigenvalue weighted by Gasteiger charge is 2.35. The van der Waals surface area contributed by atoms with Gasteiger partial charge in [-0.15, -0.1) is 24.8 Å². The number of hydrogen-bond acceptors (Lipinski definition) is 3. The number of alkyl halides is 4. The van der Waals surface area contributed by atoms with Crippen molar-refractivity contribution in [1.82, 2.24) is 4.98 Å². The van der Waals surface area contributed by atoms with E-state index in [0.717, 1.165) is 6.20 Å². The van der Waals surface area contributed by atoms with Gasteiger partial charge in [-0.1, -0.05) is 0 Å². The maximum atomic E-state index is 12.1. The summed E-state index contributed by atoms with van der Waals surface area (Å²) in [7, 11) is 0. The van der Waals surface area contributed by atoms with Crippen molar-refractivity contribution < 1.29 is 27.8 Å². The molecule has 9 heteroatoms. The van der Waals surface area contributed by atoms with Crippen molar-refractivity contribution in [3.63, 3.8) is 0 Å². The van der Waals surface area contributed by atoms with Crippen LogP contribution in [0.2, 0.25) is 0 Å². The van der Waals surface area contributed by atoms with E-state index in [0.29, 0.717) is 3.57 Å². The molecule has 1 N–H and O–H groups in total. The first-order valence-corrected chi connectivity index (χ1v) is 5.60. The minimum absolute atomic E-state index is 0.0583. The largest absolute Gasteiger partial charge is 0.573 e. The van der Waals surface area contributed by atoms with Crippen molar-refractivity contribution in [2.75, 3.05) is 0 Å². The summed E-state index contributed by atoms with van der Waals surface area (Å²) in [6.45, 7) is 0. The molecule has 0 amide bonds. The Morgan fingerprint density at radius 1 is 1.59 bits per heavy atom. The summed E-state index contributed by atoms with van der Waals surface area (Å²) < 4.78 is 40.4. The van der Waals surface area contributed by atoms with E-state index in [4.69, 9.17) is 16.7 Å². The van der Waals surface area contributed by atoms with Crippen LogP contribution in [0.3, 0.4) is 0 Å². The molecule has 0 atom stereocenters. The highest BCUT2D eigenvalue weighted by Crippen LogP contribution is 2.32. The number of aromatic carboxylic acids is 1. The SMILES string of the molecule is O=C(O)c1ncc(I)c(CCl)c1OC(F)(F)F. The third kappa shape index (κ3) is 3.60. The van der Waals surface area contributed by atoms with E-state index in [1.54, 1.807) is 22.6 Å². The molecule has 0 aliphatic carbocycles. The normalized spacial score (nSPS) is 11.4. The number of ether oxygens (including phenoxy) is 1. The Morgan fingerprint density at radius 2 is 2.18 bits per heavy atom. The summed E-state index contributed by atoms with van der Waals surface area (Å²) in [6, 6.07) is 0. The second-order valence-electron chi connectivity index (χ2n) is 2.75. The summed E-state index contributed by atoms with van der Waals surface area (Å²) in [6.07, 6.45) is -3.89. The molecular formula is C8H4ClF3INO3. The van der Waals surface area contributed by atoms with E-state index in [2.05, 4.69) is 9.72 Å². The van der Waals surface area contributed by atoms with Gasteiger partial charge in [0.15, 0.2) is 11.4 Å². The maximum absolute atomic E-state index is 12.1. The first kappa shape index (κ1) is 14.3. The van der Waals surface area contributed by atoms with Crippen molar-refractivity contribution >= 4 is 40.2 Å². The average Bonchev–Trinajstić information content (AvgIpc) is 2.15. The summed E-state index contributed by atoms with van der Waals surface area (Å²) in [5, 5.41) is 8.72. The zero-order valence-electron chi connectivity index (χ0n) is 7.89. The molecule has 0 aliphatic heterocycles. The van der Waals surface area contributed by atoms with Crippen molar-refractivity contribution in [2.45, 2.75) is 12.2 Å². The highest BCUT2D eigenvalue weighted by atomic mass is 127. The smallest absolute Gasteiger partial charge is 0.476 e. The maximum Gasteiger partial charge on any atom is 0.573 e. The Bertz CT molecular complexity index is 452. The fourth-order valence-electron chi connectivity index (χ4n) is 1.01. The van der Waals surface area contributed by atoms with E-state index in [1.807, 2.05) is 0 Å². The van der Waals surface area contributed by atoms with Gasteiger partial charge >= 0.3 is 12.3 Å². The van der Waals surface area contributed by atoms with Crippen LogP contribution in [0.1, 0.15) is 16.1 Å². The van der Waals surface area contributed by atoms with E-state index in [-0.39, 0.29) is 11.4 Å². The van der Waals surface area contributed by atoms with Crippen molar-refractivity contribution in [3.8, 4) is 5.75 Å². The third-order valence-corrected chi connectivity index (χ3v) is 2.84. The number of nitrogens with zero attached hydrogens (tertiary/aromatic N) is 1. The predicted octanol–water partition coefficient (Wildman–Crippen LogP) is 3.02. The quantitative estimate of drug-likeness (QED) is 0.646. The van der Waals surface area contributed by atoms with Gasteiger partial charge in [-0.2, -0.15) is 0 Å². The van der Waals surface area contributed by atoms with Gasteiger partial charge < -0.3 is 9.84 Å². The minimum Gasteiger partial charge on any atom is -0.476 e. The van der Waals surface area contributed by atoms with Crippen molar-refractivity contribution in [3.05, 3.63) is 21.0 Å². The standard InChI is InChI=1S/C8H4ClF3INO3/c9-1-3-4(13)2-14-5(7(15)16)6(3)17-8(10,11)12/h2H,1H2,(H,15,16). The molecular weight excluding hydrogens is 377 g/mol. The van der Waals surface area contributed by atoms with Crippen molar-refractivity contribution in [2.24, 2.45) is 0 Å². The number of carboxylic acid groups (broad SMARTS) is 1. The third-order valence-electron chi connectivity index (χ3n) is 1.64. The number of carboxylic acids is 1. The van der Waals surface area contributed by atoms with E-state index in [9.17, 15) is 18.0 Å². The summed E-state index contributed by atoms with van der Waals surface area (Å²) in [4.78, 5) is 14.1. The van der Waals surface area contributed by atoms with Crippen LogP contribution in [0.25, 0.3) is 0 Å². The van der Waals surface area contributed by atoms with Gasteiger partial charge in [-0.25, -0.2) is 9.78 Å². The molecule has 0 bridgehead atoms. The second-order valence-corrected chi connectivity index (χ2v) is 4.18. The zero-order valence-corrected chi connectivity index (χ0v) is 10.8. The number of aromatic nitrogens is 1. The Morgan fingerprint density at radius 3 is 2.59 bits per heavy atom. The zero-order chi connectivity index (χ0) is 13.2. The lowest BCUT2D eigenvalue weighted by Gasteiger charge is -2.14. The monoisotopic (exact) mass is 381 g/mol. The van der Waals surface area contributed by atoms with Crippen LogP contribution in [-0.4, -0.2) is 22.4 Å². The molecule has 0 aliphatic rings. The molecule has 1 rings (SSSR count). The van der Waals surface area contributed by atoms with Crippen molar-refractivity contribution in [1.29, 1.82) is 0 Å². The Balaban J connectivity index is 3.39. The Hall–Kier alpha value is -0.770. The van der Waals surface area contributed by atoms with Crippen LogP contribution in [0, 0.1) is 3.57 Å². The fourth-order valence-corrected chi connectivity index (χ4v) is 2.08. The van der Waals surface area contributed by atoms with Gasteiger partial charge in [0.05, 0.1) is 5.88 Å². The van der Waals surface area contributed by atoms with Gasteiger partial charge in [0.25, 0.3) is 0 Å². The van der Waals surface area contributed by atoms with Gasteiger partial charge in [0.2, 0.25) is 0 Å². The van der Waals surface area contributed by atoms with Gasteiger partial charge in [0.1, 0.15) is 0 Å². The van der Waals surface area contributed by atoms with Crippen LogP contribution in [0.4, 0.5) is 13.2 Å². The number of hydrogen-bond donors (Lipinski definition) is 1. The molecule has 0 aromatic carbocycles. The van der Waals surface area contributed by atoms with Crippen LogP contribution >= 0.6 is 34.2 Å². The summed E-state index contributed by atoms with van der Waals surface area (Å²) in [5.74, 6) is -2.80. The Labute approximate surface area is 112 Å². The van der Waals surface area contributed by atoms with E-state index >= 15 is 0 Å². The first-order chi connectivity index (χ1) is 7.76. The number of halogens is 5. The van der Waals surface area contributed by atoms with Gasteiger partial charge in [-0.3, -0.25) is 0 Å². The molecule has 0 unspecified atom stereocenters. The molecule has 1 aromatic heterocycles. The molecule has 1 heterocycles. The molecule has 0 spiro atoms. The fraction of sp³-hybridized carbons (Fsp3) is 0.250.